The predicted octanol–water partition coefficient (Wildman–Crippen LogP) is -2.92. The average molecular weight is 192 g/mol. The van der Waals surface area contributed by atoms with E-state index in [1.165, 1.54) is 0 Å². The Labute approximate surface area is 72.2 Å². The first-order valence-corrected chi connectivity index (χ1v) is 3.42. The van der Waals surface area contributed by atoms with Crippen LogP contribution in [0.5, 0.6) is 0 Å². The highest BCUT2D eigenvalue weighted by Gasteiger charge is 2.48. The van der Waals surface area contributed by atoms with E-state index in [1.54, 1.807) is 0 Å². The Hall–Kier alpha value is -1.18. The second kappa shape index (κ2) is 3.29. The fourth-order valence-electron chi connectivity index (χ4n) is 0.984. The van der Waals surface area contributed by atoms with E-state index in [4.69, 9.17) is 20.4 Å². The summed E-state index contributed by atoms with van der Waals surface area (Å²) in [5, 5.41) is 35.0. The molecule has 0 radical (unpaired) electrons. The van der Waals surface area contributed by atoms with Crippen molar-refractivity contribution in [1.82, 2.24) is 0 Å². The van der Waals surface area contributed by atoms with Crippen LogP contribution < -0.4 is 0 Å². The van der Waals surface area contributed by atoms with E-state index in [2.05, 4.69) is 4.74 Å². The van der Waals surface area contributed by atoms with E-state index in [1.807, 2.05) is 0 Å². The third-order valence-electron chi connectivity index (χ3n) is 1.72. The molecule has 74 valence electrons. The molecule has 0 aliphatic carbocycles. The van der Waals surface area contributed by atoms with Crippen LogP contribution >= 0.6 is 0 Å². The number of carboxylic acid groups (broad SMARTS) is 1. The molecule has 0 spiro atoms. The molecular formula is C6H8O7. The molecule has 0 aromatic heterocycles. The summed E-state index contributed by atoms with van der Waals surface area (Å²) in [4.78, 5) is 20.8. The van der Waals surface area contributed by atoms with Gasteiger partial charge in [0.1, 0.15) is 6.10 Å². The number of carbonyl (C=O) groups excluding carboxylic acids is 1. The maximum Gasteiger partial charge on any atom is 0.338 e. The van der Waals surface area contributed by atoms with Gasteiger partial charge in [-0.3, -0.25) is 0 Å². The molecule has 7 nitrogen and oxygen atoms in total. The van der Waals surface area contributed by atoms with Crippen molar-refractivity contribution in [2.24, 2.45) is 0 Å². The van der Waals surface area contributed by atoms with Crippen molar-refractivity contribution in [2.75, 3.05) is 0 Å². The molecular weight excluding hydrogens is 184 g/mol. The van der Waals surface area contributed by atoms with Gasteiger partial charge in [0.05, 0.1) is 0 Å². The van der Waals surface area contributed by atoms with E-state index in [0.29, 0.717) is 0 Å². The van der Waals surface area contributed by atoms with Crippen molar-refractivity contribution >= 4 is 11.9 Å². The molecule has 0 aromatic rings. The van der Waals surface area contributed by atoms with Crippen LogP contribution in [0.1, 0.15) is 0 Å². The van der Waals surface area contributed by atoms with Gasteiger partial charge in [-0.25, -0.2) is 9.59 Å². The second-order valence-electron chi connectivity index (χ2n) is 2.62. The van der Waals surface area contributed by atoms with Gasteiger partial charge in [0.15, 0.2) is 18.3 Å². The van der Waals surface area contributed by atoms with Gasteiger partial charge < -0.3 is 25.2 Å². The number of ether oxygens (including phenoxy) is 1. The topological polar surface area (TPSA) is 124 Å². The van der Waals surface area contributed by atoms with Crippen LogP contribution in [-0.4, -0.2) is 56.8 Å². The highest BCUT2D eigenvalue weighted by Crippen LogP contribution is 2.18. The van der Waals surface area contributed by atoms with Gasteiger partial charge in [-0.05, 0) is 0 Å². The Balaban J connectivity index is 2.73. The highest BCUT2D eigenvalue weighted by atomic mass is 16.6. The fourth-order valence-corrected chi connectivity index (χ4v) is 0.984. The maximum absolute atomic E-state index is 10.6. The molecule has 1 unspecified atom stereocenters. The lowest BCUT2D eigenvalue weighted by Crippen LogP contribution is -2.42. The molecule has 0 bridgehead atoms. The molecule has 0 aromatic carbocycles. The van der Waals surface area contributed by atoms with Crippen LogP contribution in [0.25, 0.3) is 0 Å². The van der Waals surface area contributed by atoms with Gasteiger partial charge in [0, 0.05) is 0 Å². The predicted molar refractivity (Wildman–Crippen MR) is 35.5 cm³/mol. The zero-order chi connectivity index (χ0) is 10.2. The van der Waals surface area contributed by atoms with Crippen molar-refractivity contribution in [3.05, 3.63) is 0 Å². The van der Waals surface area contributed by atoms with Gasteiger partial charge in [-0.2, -0.15) is 0 Å². The van der Waals surface area contributed by atoms with Crippen molar-refractivity contribution in [2.45, 2.75) is 24.4 Å². The number of aliphatic hydroxyl groups is 3. The Morgan fingerprint density at radius 1 is 1.46 bits per heavy atom. The van der Waals surface area contributed by atoms with E-state index >= 15 is 0 Å². The molecule has 0 amide bonds. The molecule has 0 saturated carbocycles. The van der Waals surface area contributed by atoms with Crippen molar-refractivity contribution in [3.8, 4) is 0 Å². The van der Waals surface area contributed by atoms with Gasteiger partial charge in [-0.15, -0.1) is 0 Å². The van der Waals surface area contributed by atoms with Gasteiger partial charge in [0.2, 0.25) is 0 Å². The third kappa shape index (κ3) is 1.62. The minimum atomic E-state index is -2.03. The molecule has 1 heterocycles. The lowest BCUT2D eigenvalue weighted by atomic mass is 10.1. The summed E-state index contributed by atoms with van der Waals surface area (Å²) in [6, 6.07) is 0. The normalized spacial score (nSPS) is 35.6. The van der Waals surface area contributed by atoms with Gasteiger partial charge >= 0.3 is 11.9 Å². The first-order valence-electron chi connectivity index (χ1n) is 3.42. The lowest BCUT2D eigenvalue weighted by molar-refractivity contribution is -0.161. The van der Waals surface area contributed by atoms with Crippen LogP contribution in [-0.2, 0) is 14.3 Å². The quantitative estimate of drug-likeness (QED) is 0.345. The number of rotatable bonds is 2. The van der Waals surface area contributed by atoms with E-state index < -0.39 is 36.4 Å². The number of carbonyl (C=O) groups is 2. The van der Waals surface area contributed by atoms with Crippen LogP contribution in [0.15, 0.2) is 0 Å². The lowest BCUT2D eigenvalue weighted by Gasteiger charge is -2.15. The largest absolute Gasteiger partial charge is 0.479 e. The summed E-state index contributed by atoms with van der Waals surface area (Å²) in [6.45, 7) is 0. The number of hydrogen-bond acceptors (Lipinski definition) is 6. The zero-order valence-electron chi connectivity index (χ0n) is 6.32. The van der Waals surface area contributed by atoms with Crippen molar-refractivity contribution < 1.29 is 34.8 Å². The highest BCUT2D eigenvalue weighted by molar-refractivity contribution is 5.80. The molecule has 1 aliphatic rings. The Morgan fingerprint density at radius 2 is 2.00 bits per heavy atom. The van der Waals surface area contributed by atoms with Gasteiger partial charge in [0.25, 0.3) is 0 Å². The minimum absolute atomic E-state index is 1.14. The summed E-state index contributed by atoms with van der Waals surface area (Å²) >= 11 is 0. The molecule has 7 heteroatoms. The molecule has 1 aliphatic heterocycles. The SMILES string of the molecule is O=C(O)[C@@H](O)[C@H]1OC(=O)[C@H](O)C1O. The third-order valence-corrected chi connectivity index (χ3v) is 1.72. The van der Waals surface area contributed by atoms with Crippen molar-refractivity contribution in [3.63, 3.8) is 0 Å². The molecule has 13 heavy (non-hydrogen) atoms. The van der Waals surface area contributed by atoms with Crippen LogP contribution in [0, 0.1) is 0 Å². The van der Waals surface area contributed by atoms with Crippen LogP contribution in [0.2, 0.25) is 0 Å². The molecule has 1 saturated heterocycles. The van der Waals surface area contributed by atoms with E-state index in [-0.39, 0.29) is 0 Å². The summed E-state index contributed by atoms with van der Waals surface area (Å²) in [5.74, 6) is -2.77. The summed E-state index contributed by atoms with van der Waals surface area (Å²) < 4.78 is 4.24. The first-order chi connectivity index (χ1) is 5.95. The number of carboxylic acids is 1. The minimum Gasteiger partial charge on any atom is -0.479 e. The summed E-state index contributed by atoms with van der Waals surface area (Å²) in [6.07, 6.45) is -7.14. The Kier molecular flexibility index (Phi) is 2.50. The first kappa shape index (κ1) is 9.90. The standard InChI is InChI=1S/C6H8O7/c7-1-2(8)6(12)13-4(1)3(9)5(10)11/h1-4,7-9H,(H,10,11)/t1?,2-,3+,4+/m1/s1. The molecule has 1 fully saturated rings. The van der Waals surface area contributed by atoms with E-state index in [9.17, 15) is 9.59 Å². The Morgan fingerprint density at radius 3 is 2.31 bits per heavy atom. The second-order valence-corrected chi connectivity index (χ2v) is 2.62. The van der Waals surface area contributed by atoms with Crippen LogP contribution in [0.4, 0.5) is 0 Å². The number of cyclic esters (lactones) is 1. The summed E-state index contributed by atoms with van der Waals surface area (Å²) in [5.41, 5.74) is 0. The number of aliphatic carboxylic acids is 1. The van der Waals surface area contributed by atoms with Crippen LogP contribution in [0.3, 0.4) is 0 Å². The summed E-state index contributed by atoms with van der Waals surface area (Å²) in [7, 11) is 0. The van der Waals surface area contributed by atoms with Crippen molar-refractivity contribution in [1.29, 1.82) is 0 Å². The molecule has 4 atom stereocenters. The zero-order valence-corrected chi connectivity index (χ0v) is 6.32. The monoisotopic (exact) mass is 192 g/mol. The average Bonchev–Trinajstić information content (AvgIpc) is 2.31. The maximum atomic E-state index is 10.6. The number of aliphatic hydroxyl groups excluding tert-OH is 3. The smallest absolute Gasteiger partial charge is 0.338 e. The molecule has 1 rings (SSSR count). The van der Waals surface area contributed by atoms with Gasteiger partial charge in [-0.1, -0.05) is 0 Å². The molecule has 4 N–H and O–H groups in total. The fraction of sp³-hybridized carbons (Fsp3) is 0.667. The van der Waals surface area contributed by atoms with E-state index in [0.717, 1.165) is 0 Å². The number of hydrogen-bond donors (Lipinski definition) is 4. The Bertz CT molecular complexity index is 237. The number of esters is 1.